The first kappa shape index (κ1) is 22.4. The van der Waals surface area contributed by atoms with E-state index in [1.807, 2.05) is 19.9 Å². The van der Waals surface area contributed by atoms with Crippen LogP contribution in [0.3, 0.4) is 0 Å². The lowest BCUT2D eigenvalue weighted by Gasteiger charge is -2.17. The monoisotopic (exact) mass is 425 g/mol. The fourth-order valence-electron chi connectivity index (χ4n) is 2.59. The number of anilines is 1. The zero-order chi connectivity index (χ0) is 21.3. The number of rotatable bonds is 7. The van der Waals surface area contributed by atoms with Gasteiger partial charge in [0.05, 0.1) is 9.79 Å². The fraction of sp³-hybridized carbons (Fsp3) is 0.368. The second-order valence-corrected chi connectivity index (χ2v) is 11.3. The van der Waals surface area contributed by atoms with E-state index in [4.69, 9.17) is 0 Å². The molecule has 0 amide bonds. The van der Waals surface area contributed by atoms with E-state index in [1.54, 1.807) is 30.3 Å². The summed E-state index contributed by atoms with van der Waals surface area (Å²) in [7, 11) is -1.09. The van der Waals surface area contributed by atoms with Gasteiger partial charge in [0.1, 0.15) is 0 Å². The summed E-state index contributed by atoms with van der Waals surface area (Å²) in [5.41, 5.74) is 3.27. The van der Waals surface area contributed by atoms with E-state index in [0.29, 0.717) is 12.2 Å². The van der Waals surface area contributed by atoms with Gasteiger partial charge >= 0.3 is 0 Å². The molecule has 0 bridgehead atoms. The van der Waals surface area contributed by atoms with Crippen LogP contribution in [0, 0.1) is 13.8 Å². The fourth-order valence-corrected chi connectivity index (χ4v) is 4.58. The molecule has 1 N–H and O–H groups in total. The third kappa shape index (κ3) is 4.54. The molecule has 0 saturated heterocycles. The number of sulfonamides is 2. The normalized spacial score (nSPS) is 12.6. The highest BCUT2D eigenvalue weighted by Crippen LogP contribution is 2.26. The Hall–Kier alpha value is -1.94. The van der Waals surface area contributed by atoms with E-state index in [1.165, 1.54) is 36.8 Å². The van der Waals surface area contributed by atoms with Gasteiger partial charge in [-0.15, -0.1) is 0 Å². The average Bonchev–Trinajstić information content (AvgIpc) is 2.62. The van der Waals surface area contributed by atoms with Gasteiger partial charge in [-0.2, -0.15) is 0 Å². The highest BCUT2D eigenvalue weighted by Gasteiger charge is 2.20. The summed E-state index contributed by atoms with van der Waals surface area (Å²) in [5, 5.41) is 3.24. The van der Waals surface area contributed by atoms with Crippen molar-refractivity contribution in [1.29, 1.82) is 0 Å². The van der Waals surface area contributed by atoms with Crippen LogP contribution in [-0.4, -0.2) is 53.6 Å². The van der Waals surface area contributed by atoms with Crippen LogP contribution in [0.5, 0.6) is 0 Å². The predicted molar refractivity (Wildman–Crippen MR) is 111 cm³/mol. The van der Waals surface area contributed by atoms with Crippen LogP contribution in [0.1, 0.15) is 16.7 Å². The maximum atomic E-state index is 12.5. The van der Waals surface area contributed by atoms with Gasteiger partial charge in [-0.1, -0.05) is 12.1 Å². The summed E-state index contributed by atoms with van der Waals surface area (Å²) in [6, 6.07) is 9.95. The summed E-state index contributed by atoms with van der Waals surface area (Å²) in [6.07, 6.45) is 0. The summed E-state index contributed by atoms with van der Waals surface area (Å²) in [5.74, 6) is 0. The molecule has 28 heavy (non-hydrogen) atoms. The van der Waals surface area contributed by atoms with Crippen molar-refractivity contribution in [3.8, 4) is 0 Å². The molecular weight excluding hydrogens is 398 g/mol. The molecule has 9 heteroatoms. The van der Waals surface area contributed by atoms with E-state index >= 15 is 0 Å². The quantitative estimate of drug-likeness (QED) is 0.736. The van der Waals surface area contributed by atoms with Crippen molar-refractivity contribution in [2.24, 2.45) is 0 Å². The van der Waals surface area contributed by atoms with Crippen molar-refractivity contribution in [3.63, 3.8) is 0 Å². The molecule has 0 atom stereocenters. The van der Waals surface area contributed by atoms with E-state index in [2.05, 4.69) is 5.32 Å². The average molecular weight is 426 g/mol. The largest absolute Gasteiger partial charge is 0.381 e. The molecule has 2 rings (SSSR count). The van der Waals surface area contributed by atoms with Gasteiger partial charge in [-0.05, 0) is 54.8 Å². The third-order valence-electron chi connectivity index (χ3n) is 4.58. The van der Waals surface area contributed by atoms with Gasteiger partial charge in [0.2, 0.25) is 20.0 Å². The minimum atomic E-state index is -3.55. The van der Waals surface area contributed by atoms with Crippen LogP contribution in [0.4, 0.5) is 5.69 Å². The number of hydrogen-bond acceptors (Lipinski definition) is 5. The molecule has 2 aromatic rings. The van der Waals surface area contributed by atoms with E-state index < -0.39 is 20.0 Å². The van der Waals surface area contributed by atoms with Gasteiger partial charge < -0.3 is 5.32 Å². The summed E-state index contributed by atoms with van der Waals surface area (Å²) < 4.78 is 51.9. The molecular formula is C19H27N3O4S2. The summed E-state index contributed by atoms with van der Waals surface area (Å²) in [4.78, 5) is 0.431. The molecule has 0 fully saturated rings. The topological polar surface area (TPSA) is 86.8 Å². The standard InChI is InChI=1S/C19H27N3O4S2/c1-14-10-18(28(25,26)22(5)6)12-19(15(14)2)20-13-16-8-7-9-17(11-16)27(23,24)21(3)4/h7-12,20H,13H2,1-6H3. The molecule has 0 spiro atoms. The number of hydrogen-bond donors (Lipinski definition) is 1. The molecule has 0 radical (unpaired) electrons. The van der Waals surface area contributed by atoms with E-state index in [0.717, 1.165) is 16.7 Å². The van der Waals surface area contributed by atoms with Crippen molar-refractivity contribution in [2.75, 3.05) is 33.5 Å². The summed E-state index contributed by atoms with van der Waals surface area (Å²) in [6.45, 7) is 4.14. The lowest BCUT2D eigenvalue weighted by Crippen LogP contribution is -2.22. The first-order valence-corrected chi connectivity index (χ1v) is 11.5. The van der Waals surface area contributed by atoms with Crippen LogP contribution < -0.4 is 5.32 Å². The molecule has 0 aliphatic rings. The minimum absolute atomic E-state index is 0.215. The first-order chi connectivity index (χ1) is 12.9. The number of benzene rings is 2. The summed E-state index contributed by atoms with van der Waals surface area (Å²) >= 11 is 0. The van der Waals surface area contributed by atoms with Crippen LogP contribution in [0.25, 0.3) is 0 Å². The molecule has 0 aliphatic heterocycles. The smallest absolute Gasteiger partial charge is 0.242 e. The van der Waals surface area contributed by atoms with Gasteiger partial charge in [-0.3, -0.25) is 0 Å². The molecule has 154 valence electrons. The Bertz CT molecular complexity index is 1080. The molecule has 2 aromatic carbocycles. The van der Waals surface area contributed by atoms with Crippen LogP contribution in [0.2, 0.25) is 0 Å². The van der Waals surface area contributed by atoms with E-state index in [9.17, 15) is 16.8 Å². The lowest BCUT2D eigenvalue weighted by molar-refractivity contribution is 0.519. The first-order valence-electron chi connectivity index (χ1n) is 8.66. The van der Waals surface area contributed by atoms with Crippen molar-refractivity contribution >= 4 is 25.7 Å². The van der Waals surface area contributed by atoms with Crippen molar-refractivity contribution < 1.29 is 16.8 Å². The number of nitrogens with zero attached hydrogens (tertiary/aromatic N) is 2. The molecule has 0 aliphatic carbocycles. The molecule has 0 saturated carbocycles. The Morgan fingerprint density at radius 1 is 0.821 bits per heavy atom. The molecule has 0 heterocycles. The Kier molecular flexibility index (Phi) is 6.55. The number of aryl methyl sites for hydroxylation is 1. The Morgan fingerprint density at radius 3 is 1.96 bits per heavy atom. The number of nitrogens with one attached hydrogen (secondary N) is 1. The Morgan fingerprint density at radius 2 is 1.39 bits per heavy atom. The van der Waals surface area contributed by atoms with Crippen molar-refractivity contribution in [2.45, 2.75) is 30.2 Å². The highest BCUT2D eigenvalue weighted by atomic mass is 32.2. The zero-order valence-corrected chi connectivity index (χ0v) is 18.6. The highest BCUT2D eigenvalue weighted by molar-refractivity contribution is 7.89. The minimum Gasteiger partial charge on any atom is -0.381 e. The van der Waals surface area contributed by atoms with Crippen LogP contribution in [-0.2, 0) is 26.6 Å². The second-order valence-electron chi connectivity index (χ2n) is 6.99. The van der Waals surface area contributed by atoms with Gasteiger partial charge in [0.25, 0.3) is 0 Å². The Balaban J connectivity index is 2.35. The molecule has 7 nitrogen and oxygen atoms in total. The Labute approximate surface area is 168 Å². The zero-order valence-electron chi connectivity index (χ0n) is 17.0. The van der Waals surface area contributed by atoms with Crippen LogP contribution in [0.15, 0.2) is 46.2 Å². The predicted octanol–water partition coefficient (Wildman–Crippen LogP) is 2.42. The van der Waals surface area contributed by atoms with Gasteiger partial charge in [0.15, 0.2) is 0 Å². The van der Waals surface area contributed by atoms with Crippen LogP contribution >= 0.6 is 0 Å². The van der Waals surface area contributed by atoms with Crippen molar-refractivity contribution in [3.05, 3.63) is 53.1 Å². The molecule has 0 aromatic heterocycles. The molecule has 0 unspecified atom stereocenters. The maximum Gasteiger partial charge on any atom is 0.242 e. The SMILES string of the molecule is Cc1cc(S(=O)(=O)N(C)C)cc(NCc2cccc(S(=O)(=O)N(C)C)c2)c1C. The van der Waals surface area contributed by atoms with Gasteiger partial charge in [-0.25, -0.2) is 25.4 Å². The van der Waals surface area contributed by atoms with Gasteiger partial charge in [0, 0.05) is 40.4 Å². The maximum absolute atomic E-state index is 12.5. The lowest BCUT2D eigenvalue weighted by atomic mass is 10.1. The van der Waals surface area contributed by atoms with Crippen molar-refractivity contribution in [1.82, 2.24) is 8.61 Å². The third-order valence-corrected chi connectivity index (χ3v) is 8.18. The van der Waals surface area contributed by atoms with E-state index in [-0.39, 0.29) is 9.79 Å². The second kappa shape index (κ2) is 8.20.